The fourth-order valence-corrected chi connectivity index (χ4v) is 4.35. The van der Waals surface area contributed by atoms with Crippen LogP contribution in [-0.2, 0) is 18.0 Å². The lowest BCUT2D eigenvalue weighted by molar-refractivity contribution is -0.178. The van der Waals surface area contributed by atoms with Crippen LogP contribution in [0.4, 0.5) is 25.8 Å². The van der Waals surface area contributed by atoms with Gasteiger partial charge in [-0.05, 0) is 48.2 Å². The van der Waals surface area contributed by atoms with E-state index in [1.807, 2.05) is 47.4 Å². The maximum Gasteiger partial charge on any atom is 0.146 e. The fraction of sp³-hybridized carbons (Fsp3) is 0.280. The quantitative estimate of drug-likeness (QED) is 0.533. The second-order valence-electron chi connectivity index (χ2n) is 8.05. The largest absolute Gasteiger partial charge is 0.369 e. The molecular formula is C25H25F2N3O. The molecule has 2 heterocycles. The first-order valence-corrected chi connectivity index (χ1v) is 10.7. The minimum Gasteiger partial charge on any atom is -0.369 e. The minimum absolute atomic E-state index is 0.237. The SMILES string of the molecule is Fc1cc2c(cc1N1CCCC1)N(c1ccccc1F)CN(OCc1ccccc1)C2. The number of hydroxylamine groups is 2. The molecular weight excluding hydrogens is 396 g/mol. The Bertz CT molecular complexity index is 1050. The van der Waals surface area contributed by atoms with Gasteiger partial charge < -0.3 is 9.80 Å². The van der Waals surface area contributed by atoms with Crippen molar-refractivity contribution in [3.05, 3.63) is 89.5 Å². The highest BCUT2D eigenvalue weighted by molar-refractivity contribution is 5.72. The number of nitrogens with zero attached hydrogens (tertiary/aromatic N) is 3. The number of rotatable bonds is 5. The topological polar surface area (TPSA) is 19.0 Å². The first-order chi connectivity index (χ1) is 15.2. The van der Waals surface area contributed by atoms with Gasteiger partial charge in [0.05, 0.1) is 31.2 Å². The van der Waals surface area contributed by atoms with E-state index in [1.165, 1.54) is 6.07 Å². The third kappa shape index (κ3) is 4.13. The summed E-state index contributed by atoms with van der Waals surface area (Å²) in [5, 5.41) is 1.76. The Hall–Kier alpha value is -2.96. The molecule has 0 aromatic heterocycles. The minimum atomic E-state index is -0.314. The summed E-state index contributed by atoms with van der Waals surface area (Å²) >= 11 is 0. The lowest BCUT2D eigenvalue weighted by Gasteiger charge is -2.38. The van der Waals surface area contributed by atoms with E-state index in [0.29, 0.717) is 31.2 Å². The summed E-state index contributed by atoms with van der Waals surface area (Å²) in [6.07, 6.45) is 2.13. The Morgan fingerprint density at radius 2 is 1.52 bits per heavy atom. The molecule has 5 rings (SSSR count). The molecule has 0 radical (unpaired) electrons. The van der Waals surface area contributed by atoms with E-state index in [0.717, 1.165) is 42.7 Å². The lowest BCUT2D eigenvalue weighted by atomic mass is 10.1. The zero-order valence-electron chi connectivity index (χ0n) is 17.3. The molecule has 2 aliphatic heterocycles. The average Bonchev–Trinajstić information content (AvgIpc) is 3.32. The van der Waals surface area contributed by atoms with Crippen molar-refractivity contribution < 1.29 is 13.6 Å². The second kappa shape index (κ2) is 8.65. The average molecular weight is 421 g/mol. The zero-order valence-corrected chi connectivity index (χ0v) is 17.3. The van der Waals surface area contributed by atoms with Crippen molar-refractivity contribution in [3.8, 4) is 0 Å². The molecule has 2 aliphatic rings. The molecule has 0 spiro atoms. The molecule has 31 heavy (non-hydrogen) atoms. The standard InChI is InChI=1S/C25H25F2N3O/c26-21-10-4-5-11-23(21)30-18-29(31-17-19-8-2-1-3-9-19)16-20-14-22(27)25(15-24(20)30)28-12-6-7-13-28/h1-5,8-11,14-15H,6-7,12-13,16-18H2. The number of halogens is 2. The maximum absolute atomic E-state index is 15.0. The van der Waals surface area contributed by atoms with Gasteiger partial charge in [0.1, 0.15) is 11.6 Å². The van der Waals surface area contributed by atoms with E-state index in [1.54, 1.807) is 23.3 Å². The van der Waals surface area contributed by atoms with E-state index < -0.39 is 0 Å². The highest BCUT2D eigenvalue weighted by atomic mass is 19.1. The van der Waals surface area contributed by atoms with E-state index in [9.17, 15) is 4.39 Å². The normalized spacial score (nSPS) is 16.6. The number of benzene rings is 3. The predicted molar refractivity (Wildman–Crippen MR) is 118 cm³/mol. The number of para-hydroxylation sites is 1. The van der Waals surface area contributed by atoms with Gasteiger partial charge in [-0.15, -0.1) is 0 Å². The van der Waals surface area contributed by atoms with Gasteiger partial charge >= 0.3 is 0 Å². The van der Waals surface area contributed by atoms with Crippen LogP contribution in [0.2, 0.25) is 0 Å². The summed E-state index contributed by atoms with van der Waals surface area (Å²) in [5.41, 5.74) is 3.70. The van der Waals surface area contributed by atoms with Crippen molar-refractivity contribution in [2.24, 2.45) is 0 Å². The van der Waals surface area contributed by atoms with Crippen LogP contribution < -0.4 is 9.80 Å². The first kappa shape index (κ1) is 20.0. The van der Waals surface area contributed by atoms with E-state index in [-0.39, 0.29) is 11.6 Å². The van der Waals surface area contributed by atoms with Gasteiger partial charge in [0.15, 0.2) is 0 Å². The van der Waals surface area contributed by atoms with E-state index in [4.69, 9.17) is 4.84 Å². The second-order valence-corrected chi connectivity index (χ2v) is 8.05. The van der Waals surface area contributed by atoms with Crippen molar-refractivity contribution in [3.63, 3.8) is 0 Å². The number of anilines is 3. The van der Waals surface area contributed by atoms with Crippen LogP contribution in [0.15, 0.2) is 66.7 Å². The Labute approximate surface area is 181 Å². The number of hydrogen-bond donors (Lipinski definition) is 0. The molecule has 0 amide bonds. The highest BCUT2D eigenvalue weighted by Gasteiger charge is 2.29. The zero-order chi connectivity index (χ0) is 21.2. The summed E-state index contributed by atoms with van der Waals surface area (Å²) in [5.74, 6) is -0.551. The van der Waals surface area contributed by atoms with Crippen LogP contribution in [0, 0.1) is 11.6 Å². The monoisotopic (exact) mass is 421 g/mol. The maximum atomic E-state index is 15.0. The Balaban J connectivity index is 1.49. The van der Waals surface area contributed by atoms with Gasteiger partial charge in [0, 0.05) is 18.8 Å². The first-order valence-electron chi connectivity index (χ1n) is 10.7. The molecule has 0 N–H and O–H groups in total. The molecule has 3 aromatic rings. The van der Waals surface area contributed by atoms with Gasteiger partial charge in [0.2, 0.25) is 0 Å². The van der Waals surface area contributed by atoms with Crippen LogP contribution in [0.3, 0.4) is 0 Å². The Kier molecular flexibility index (Phi) is 5.57. The molecule has 6 heteroatoms. The van der Waals surface area contributed by atoms with Gasteiger partial charge in [0.25, 0.3) is 0 Å². The summed E-state index contributed by atoms with van der Waals surface area (Å²) in [7, 11) is 0. The molecule has 4 nitrogen and oxygen atoms in total. The van der Waals surface area contributed by atoms with Crippen molar-refractivity contribution >= 4 is 17.1 Å². The van der Waals surface area contributed by atoms with Crippen molar-refractivity contribution in [2.45, 2.75) is 26.0 Å². The Morgan fingerprint density at radius 1 is 0.774 bits per heavy atom. The van der Waals surface area contributed by atoms with Crippen LogP contribution in [0.25, 0.3) is 0 Å². The van der Waals surface area contributed by atoms with Crippen molar-refractivity contribution in [2.75, 3.05) is 29.6 Å². The molecule has 1 fully saturated rings. The molecule has 0 unspecified atom stereocenters. The molecule has 1 saturated heterocycles. The van der Waals surface area contributed by atoms with E-state index >= 15 is 4.39 Å². The van der Waals surface area contributed by atoms with Crippen molar-refractivity contribution in [1.29, 1.82) is 0 Å². The summed E-state index contributed by atoms with van der Waals surface area (Å²) < 4.78 is 29.8. The van der Waals surface area contributed by atoms with Crippen LogP contribution >= 0.6 is 0 Å². The lowest BCUT2D eigenvalue weighted by Crippen LogP contribution is -2.40. The summed E-state index contributed by atoms with van der Waals surface area (Å²) in [6, 6.07) is 20.0. The highest BCUT2D eigenvalue weighted by Crippen LogP contribution is 2.39. The molecule has 0 atom stereocenters. The summed E-state index contributed by atoms with van der Waals surface area (Å²) in [6.45, 7) is 2.88. The molecule has 160 valence electrons. The van der Waals surface area contributed by atoms with E-state index in [2.05, 4.69) is 4.90 Å². The van der Waals surface area contributed by atoms with Gasteiger partial charge in [-0.3, -0.25) is 4.84 Å². The van der Waals surface area contributed by atoms with Crippen molar-refractivity contribution in [1.82, 2.24) is 5.06 Å². The van der Waals surface area contributed by atoms with Crippen LogP contribution in [0.5, 0.6) is 0 Å². The number of fused-ring (bicyclic) bond motifs is 1. The van der Waals surface area contributed by atoms with Gasteiger partial charge in [-0.2, -0.15) is 5.06 Å². The third-order valence-corrected chi connectivity index (χ3v) is 5.93. The molecule has 0 aliphatic carbocycles. The third-order valence-electron chi connectivity index (χ3n) is 5.93. The van der Waals surface area contributed by atoms with Crippen LogP contribution in [0.1, 0.15) is 24.0 Å². The summed E-state index contributed by atoms with van der Waals surface area (Å²) in [4.78, 5) is 9.97. The van der Waals surface area contributed by atoms with Crippen LogP contribution in [-0.4, -0.2) is 24.8 Å². The fourth-order valence-electron chi connectivity index (χ4n) is 4.35. The predicted octanol–water partition coefficient (Wildman–Crippen LogP) is 5.61. The van der Waals surface area contributed by atoms with Gasteiger partial charge in [-0.25, -0.2) is 8.78 Å². The van der Waals surface area contributed by atoms with Gasteiger partial charge in [-0.1, -0.05) is 42.5 Å². The Morgan fingerprint density at radius 3 is 2.29 bits per heavy atom. The number of hydrogen-bond acceptors (Lipinski definition) is 4. The molecule has 0 bridgehead atoms. The molecule has 3 aromatic carbocycles. The smallest absolute Gasteiger partial charge is 0.146 e. The molecule has 0 saturated carbocycles.